The Labute approximate surface area is 176 Å². The summed E-state index contributed by atoms with van der Waals surface area (Å²) in [6, 6.07) is 0. The summed E-state index contributed by atoms with van der Waals surface area (Å²) in [6.07, 6.45) is 1.06. The van der Waals surface area contributed by atoms with Crippen molar-refractivity contribution in [2.75, 3.05) is 14.2 Å². The van der Waals surface area contributed by atoms with Gasteiger partial charge < -0.3 is 23.4 Å². The van der Waals surface area contributed by atoms with Crippen LogP contribution in [0.4, 0.5) is 0 Å². The first-order chi connectivity index (χ1) is 13.2. The summed E-state index contributed by atoms with van der Waals surface area (Å²) in [7, 11) is 0.394. The molecule has 1 aliphatic rings. The average Bonchev–Trinajstić information content (AvgIpc) is 2.92. The molecule has 7 nitrogen and oxygen atoms in total. The van der Waals surface area contributed by atoms with Crippen molar-refractivity contribution in [1.82, 2.24) is 0 Å². The number of carbonyl (C=O) groups excluding carboxylic acids is 2. The molecule has 0 aromatic heterocycles. The van der Waals surface area contributed by atoms with Crippen LogP contribution in [-0.2, 0) is 33.0 Å². The Kier molecular flexibility index (Phi) is 8.65. The molecule has 1 saturated heterocycles. The second-order valence-electron chi connectivity index (χ2n) is 9.34. The van der Waals surface area contributed by atoms with E-state index in [-0.39, 0.29) is 16.7 Å². The highest BCUT2D eigenvalue weighted by Gasteiger charge is 2.51. The Bertz CT molecular complexity index is 619. The number of esters is 2. The van der Waals surface area contributed by atoms with Crippen LogP contribution in [0.2, 0.25) is 18.1 Å². The molecule has 8 heteroatoms. The van der Waals surface area contributed by atoms with Crippen molar-refractivity contribution in [2.45, 2.75) is 96.6 Å². The van der Waals surface area contributed by atoms with Crippen LogP contribution in [-0.4, -0.2) is 58.6 Å². The Morgan fingerprint density at radius 2 is 1.72 bits per heavy atom. The third-order valence-corrected chi connectivity index (χ3v) is 10.0. The molecule has 29 heavy (non-hydrogen) atoms. The quantitative estimate of drug-likeness (QED) is 0.327. The van der Waals surface area contributed by atoms with E-state index in [2.05, 4.69) is 40.8 Å². The number of rotatable bonds is 8. The zero-order valence-electron chi connectivity index (χ0n) is 19.6. The van der Waals surface area contributed by atoms with Gasteiger partial charge >= 0.3 is 11.9 Å². The molecule has 0 N–H and O–H groups in total. The zero-order chi connectivity index (χ0) is 22.6. The molecular formula is C21H38O7Si. The van der Waals surface area contributed by atoms with Crippen LogP contribution in [0.3, 0.4) is 0 Å². The van der Waals surface area contributed by atoms with Crippen LogP contribution >= 0.6 is 0 Å². The van der Waals surface area contributed by atoms with Crippen LogP contribution < -0.4 is 0 Å². The lowest BCUT2D eigenvalue weighted by Gasteiger charge is -2.41. The fourth-order valence-corrected chi connectivity index (χ4v) is 4.35. The molecule has 0 spiro atoms. The monoisotopic (exact) mass is 430 g/mol. The molecule has 0 aromatic rings. The zero-order valence-corrected chi connectivity index (χ0v) is 20.6. The number of methoxy groups -OCH3 is 2. The first-order valence-electron chi connectivity index (χ1n) is 10.1. The van der Waals surface area contributed by atoms with Gasteiger partial charge in [0.05, 0.1) is 25.9 Å². The maximum atomic E-state index is 12.5. The van der Waals surface area contributed by atoms with Gasteiger partial charge in [-0.25, -0.2) is 9.59 Å². The molecule has 3 atom stereocenters. The molecule has 0 bridgehead atoms. The van der Waals surface area contributed by atoms with Crippen molar-refractivity contribution in [3.8, 4) is 0 Å². The SMILES string of the molecule is CCC[C@H](O[Si](C)(C)C(C)(C)C)[C@@H]1OC(C)(C)O[C@H]1C(=CC(=O)OC)C(=O)OC. The fraction of sp³-hybridized carbons (Fsp3) is 0.810. The minimum absolute atomic E-state index is 0.0104. The van der Waals surface area contributed by atoms with Crippen LogP contribution in [0.1, 0.15) is 54.4 Å². The van der Waals surface area contributed by atoms with E-state index in [0.29, 0.717) is 0 Å². The van der Waals surface area contributed by atoms with Gasteiger partial charge in [-0.3, -0.25) is 0 Å². The number of carbonyl (C=O) groups is 2. The van der Waals surface area contributed by atoms with E-state index in [1.54, 1.807) is 13.8 Å². The molecular weight excluding hydrogens is 392 g/mol. The first-order valence-corrected chi connectivity index (χ1v) is 13.0. The Hall–Kier alpha value is -1.22. The van der Waals surface area contributed by atoms with Crippen LogP contribution in [0.25, 0.3) is 0 Å². The normalized spacial score (nSPS) is 23.6. The first kappa shape index (κ1) is 25.8. The topological polar surface area (TPSA) is 80.3 Å². The lowest BCUT2D eigenvalue weighted by atomic mass is 9.97. The van der Waals surface area contributed by atoms with E-state index >= 15 is 0 Å². The highest BCUT2D eigenvalue weighted by molar-refractivity contribution is 6.74. The van der Waals surface area contributed by atoms with Crippen molar-refractivity contribution in [1.29, 1.82) is 0 Å². The van der Waals surface area contributed by atoms with Gasteiger partial charge in [0.1, 0.15) is 12.2 Å². The number of ether oxygens (including phenoxy) is 4. The van der Waals surface area contributed by atoms with Crippen molar-refractivity contribution >= 4 is 20.3 Å². The molecule has 0 saturated carbocycles. The van der Waals surface area contributed by atoms with Crippen LogP contribution in [0, 0.1) is 0 Å². The lowest BCUT2D eigenvalue weighted by Crippen LogP contribution is -2.50. The molecule has 1 fully saturated rings. The van der Waals surface area contributed by atoms with Gasteiger partial charge in [0, 0.05) is 6.08 Å². The predicted molar refractivity (Wildman–Crippen MR) is 113 cm³/mol. The van der Waals surface area contributed by atoms with E-state index in [1.165, 1.54) is 14.2 Å². The Morgan fingerprint density at radius 1 is 1.14 bits per heavy atom. The Morgan fingerprint density at radius 3 is 2.17 bits per heavy atom. The average molecular weight is 431 g/mol. The van der Waals surface area contributed by atoms with Crippen molar-refractivity contribution in [2.24, 2.45) is 0 Å². The second-order valence-corrected chi connectivity index (χ2v) is 14.1. The number of hydrogen-bond acceptors (Lipinski definition) is 7. The van der Waals surface area contributed by atoms with Gasteiger partial charge in [0.25, 0.3) is 0 Å². The smallest absolute Gasteiger partial charge is 0.336 e. The lowest BCUT2D eigenvalue weighted by molar-refractivity contribution is -0.154. The standard InChI is InChI=1S/C21H38O7Si/c1-11-12-15(28-29(9,10)20(2,3)4)18-17(26-21(5,6)27-18)14(19(23)25-8)13-16(22)24-7/h13,15,17-18H,11-12H2,1-10H3/t15-,17-,18-/m0/s1. The van der Waals surface area contributed by atoms with Gasteiger partial charge in [0.15, 0.2) is 14.1 Å². The van der Waals surface area contributed by atoms with E-state index in [4.69, 9.17) is 23.4 Å². The number of hydrogen-bond donors (Lipinski definition) is 0. The third-order valence-electron chi connectivity index (χ3n) is 5.52. The minimum atomic E-state index is -2.12. The summed E-state index contributed by atoms with van der Waals surface area (Å²) in [4.78, 5) is 24.4. The molecule has 0 unspecified atom stereocenters. The fourth-order valence-electron chi connectivity index (χ4n) is 2.99. The molecule has 1 rings (SSSR count). The molecule has 0 aliphatic carbocycles. The highest BCUT2D eigenvalue weighted by Crippen LogP contribution is 2.41. The maximum Gasteiger partial charge on any atom is 0.336 e. The predicted octanol–water partition coefficient (Wildman–Crippen LogP) is 3.97. The van der Waals surface area contributed by atoms with Crippen molar-refractivity contribution in [3.63, 3.8) is 0 Å². The second kappa shape index (κ2) is 9.72. The maximum absolute atomic E-state index is 12.5. The highest BCUT2D eigenvalue weighted by atomic mass is 28.4. The van der Waals surface area contributed by atoms with Crippen LogP contribution in [0.5, 0.6) is 0 Å². The molecule has 0 aromatic carbocycles. The molecule has 1 aliphatic heterocycles. The largest absolute Gasteiger partial charge is 0.466 e. The summed E-state index contributed by atoms with van der Waals surface area (Å²) >= 11 is 0. The van der Waals surface area contributed by atoms with Gasteiger partial charge in [-0.15, -0.1) is 0 Å². The van der Waals surface area contributed by atoms with Crippen LogP contribution in [0.15, 0.2) is 11.6 Å². The van der Waals surface area contributed by atoms with Gasteiger partial charge in [-0.05, 0) is 38.4 Å². The summed E-state index contributed by atoms with van der Waals surface area (Å²) in [5.41, 5.74) is 0.0647. The van der Waals surface area contributed by atoms with E-state index in [0.717, 1.165) is 18.9 Å². The van der Waals surface area contributed by atoms with Gasteiger partial charge in [-0.1, -0.05) is 34.1 Å². The van der Waals surface area contributed by atoms with Crippen molar-refractivity contribution in [3.05, 3.63) is 11.6 Å². The third kappa shape index (κ3) is 6.63. The van der Waals surface area contributed by atoms with E-state index < -0.39 is 38.3 Å². The molecule has 0 radical (unpaired) electrons. The summed E-state index contributed by atoms with van der Waals surface area (Å²) in [5, 5.41) is 0.0104. The van der Waals surface area contributed by atoms with E-state index in [9.17, 15) is 9.59 Å². The summed E-state index contributed by atoms with van der Waals surface area (Å²) in [5.74, 6) is -2.26. The van der Waals surface area contributed by atoms with E-state index in [1.807, 2.05) is 0 Å². The molecule has 168 valence electrons. The summed E-state index contributed by atoms with van der Waals surface area (Å²) in [6.45, 7) is 16.5. The van der Waals surface area contributed by atoms with Gasteiger partial charge in [-0.2, -0.15) is 0 Å². The molecule has 1 heterocycles. The minimum Gasteiger partial charge on any atom is -0.466 e. The Balaban J connectivity index is 3.38. The van der Waals surface area contributed by atoms with Crippen molar-refractivity contribution < 1.29 is 33.0 Å². The van der Waals surface area contributed by atoms with Gasteiger partial charge in [0.2, 0.25) is 0 Å². The summed E-state index contributed by atoms with van der Waals surface area (Å²) < 4.78 is 28.5. The molecule has 0 amide bonds.